The van der Waals surface area contributed by atoms with Crippen molar-refractivity contribution in [2.24, 2.45) is 0 Å². The van der Waals surface area contributed by atoms with E-state index in [-0.39, 0.29) is 0 Å². The summed E-state index contributed by atoms with van der Waals surface area (Å²) in [4.78, 5) is 4.10. The zero-order valence-electron chi connectivity index (χ0n) is 9.86. The first kappa shape index (κ1) is 11.1. The van der Waals surface area contributed by atoms with Gasteiger partial charge in [0, 0.05) is 6.04 Å². The van der Waals surface area contributed by atoms with E-state index in [2.05, 4.69) is 36.3 Å². The Hall–Kier alpha value is -1.35. The first-order chi connectivity index (χ1) is 7.75. The number of aryl methyl sites for hydroxylation is 1. The molecule has 1 aromatic heterocycles. The van der Waals surface area contributed by atoms with Crippen molar-refractivity contribution in [2.75, 3.05) is 6.54 Å². The van der Waals surface area contributed by atoms with E-state index in [1.807, 2.05) is 6.07 Å². The quantitative estimate of drug-likeness (QED) is 0.784. The molecule has 16 heavy (non-hydrogen) atoms. The molecule has 0 atom stereocenters. The fourth-order valence-electron chi connectivity index (χ4n) is 1.74. The van der Waals surface area contributed by atoms with Crippen molar-refractivity contribution >= 4 is 11.1 Å². The van der Waals surface area contributed by atoms with E-state index in [1.54, 1.807) is 0 Å². The van der Waals surface area contributed by atoms with Crippen LogP contribution in [0.1, 0.15) is 25.8 Å². The molecule has 0 unspecified atom stereocenters. The molecule has 1 heterocycles. The van der Waals surface area contributed by atoms with Gasteiger partial charge in [-0.05, 0) is 37.1 Å². The molecule has 0 aliphatic rings. The third kappa shape index (κ3) is 2.83. The van der Waals surface area contributed by atoms with Crippen LogP contribution in [-0.2, 0) is 6.42 Å². The average Bonchev–Trinajstić information content (AvgIpc) is 2.71. The number of aromatic nitrogens is 1. The molecule has 0 fully saturated rings. The van der Waals surface area contributed by atoms with Gasteiger partial charge < -0.3 is 9.73 Å². The Balaban J connectivity index is 1.89. The summed E-state index contributed by atoms with van der Waals surface area (Å²) < 4.78 is 5.28. The minimum atomic E-state index is 0.566. The third-order valence-electron chi connectivity index (χ3n) is 2.59. The van der Waals surface area contributed by atoms with Crippen LogP contribution >= 0.6 is 0 Å². The van der Waals surface area contributed by atoms with Crippen molar-refractivity contribution in [2.45, 2.75) is 32.7 Å². The molecule has 0 bridgehead atoms. The number of fused-ring (bicyclic) bond motifs is 1. The van der Waals surface area contributed by atoms with E-state index >= 15 is 0 Å². The van der Waals surface area contributed by atoms with E-state index in [4.69, 9.17) is 4.42 Å². The summed E-state index contributed by atoms with van der Waals surface area (Å²) in [6.07, 6.45) is 3.73. The maximum atomic E-state index is 5.28. The maximum Gasteiger partial charge on any atom is 0.181 e. The molecule has 86 valence electrons. The Kier molecular flexibility index (Phi) is 3.57. The van der Waals surface area contributed by atoms with E-state index in [9.17, 15) is 0 Å². The number of hydrogen-bond acceptors (Lipinski definition) is 3. The Bertz CT molecular complexity index is 448. The SMILES string of the molecule is CC(C)NCCCc1ccc2ncoc2c1. The van der Waals surface area contributed by atoms with Gasteiger partial charge in [0.05, 0.1) is 0 Å². The molecule has 0 spiro atoms. The van der Waals surface area contributed by atoms with Gasteiger partial charge in [-0.2, -0.15) is 0 Å². The highest BCUT2D eigenvalue weighted by molar-refractivity contribution is 5.72. The fraction of sp³-hybridized carbons (Fsp3) is 0.462. The average molecular weight is 218 g/mol. The van der Waals surface area contributed by atoms with Crippen LogP contribution in [0.3, 0.4) is 0 Å². The third-order valence-corrected chi connectivity index (χ3v) is 2.59. The van der Waals surface area contributed by atoms with Crippen LogP contribution < -0.4 is 5.32 Å². The Morgan fingerprint density at radius 3 is 3.06 bits per heavy atom. The second-order valence-corrected chi connectivity index (χ2v) is 4.37. The molecule has 3 nitrogen and oxygen atoms in total. The highest BCUT2D eigenvalue weighted by Crippen LogP contribution is 2.15. The highest BCUT2D eigenvalue weighted by atomic mass is 16.3. The molecule has 0 amide bonds. The number of nitrogens with one attached hydrogen (secondary N) is 1. The number of benzene rings is 1. The molecule has 0 saturated heterocycles. The molecule has 0 aliphatic carbocycles. The zero-order valence-corrected chi connectivity index (χ0v) is 9.86. The minimum absolute atomic E-state index is 0.566. The van der Waals surface area contributed by atoms with Crippen LogP contribution in [-0.4, -0.2) is 17.6 Å². The van der Waals surface area contributed by atoms with Crippen molar-refractivity contribution in [3.8, 4) is 0 Å². The second kappa shape index (κ2) is 5.12. The van der Waals surface area contributed by atoms with Crippen molar-refractivity contribution in [1.82, 2.24) is 10.3 Å². The molecule has 0 saturated carbocycles. The van der Waals surface area contributed by atoms with Crippen LogP contribution in [0, 0.1) is 0 Å². The monoisotopic (exact) mass is 218 g/mol. The highest BCUT2D eigenvalue weighted by Gasteiger charge is 2.00. The second-order valence-electron chi connectivity index (χ2n) is 4.37. The van der Waals surface area contributed by atoms with E-state index in [0.29, 0.717) is 6.04 Å². The minimum Gasteiger partial charge on any atom is -0.443 e. The molecule has 2 aromatic rings. The fourth-order valence-corrected chi connectivity index (χ4v) is 1.74. The maximum absolute atomic E-state index is 5.28. The van der Waals surface area contributed by atoms with Gasteiger partial charge in [0.25, 0.3) is 0 Å². The zero-order chi connectivity index (χ0) is 11.4. The van der Waals surface area contributed by atoms with Crippen molar-refractivity contribution in [1.29, 1.82) is 0 Å². The van der Waals surface area contributed by atoms with Crippen LogP contribution in [0.25, 0.3) is 11.1 Å². The van der Waals surface area contributed by atoms with Crippen LogP contribution in [0.4, 0.5) is 0 Å². The molecular weight excluding hydrogens is 200 g/mol. The summed E-state index contributed by atoms with van der Waals surface area (Å²) in [5, 5.41) is 3.41. The van der Waals surface area contributed by atoms with Crippen molar-refractivity contribution in [3.05, 3.63) is 30.2 Å². The molecule has 0 aliphatic heterocycles. The number of nitrogens with zero attached hydrogens (tertiary/aromatic N) is 1. The predicted octanol–water partition coefficient (Wildman–Crippen LogP) is 2.76. The lowest BCUT2D eigenvalue weighted by atomic mass is 10.1. The normalized spacial score (nSPS) is 11.4. The largest absolute Gasteiger partial charge is 0.443 e. The first-order valence-electron chi connectivity index (χ1n) is 5.81. The van der Waals surface area contributed by atoms with Gasteiger partial charge in [0.2, 0.25) is 0 Å². The number of hydrogen-bond donors (Lipinski definition) is 1. The number of rotatable bonds is 5. The van der Waals surface area contributed by atoms with Crippen LogP contribution in [0.2, 0.25) is 0 Å². The van der Waals surface area contributed by atoms with E-state index < -0.39 is 0 Å². The van der Waals surface area contributed by atoms with Crippen molar-refractivity contribution in [3.63, 3.8) is 0 Å². The standard InChI is InChI=1S/C13H18N2O/c1-10(2)14-7-3-4-11-5-6-12-13(8-11)16-9-15-12/h5-6,8-10,14H,3-4,7H2,1-2H3. The lowest BCUT2D eigenvalue weighted by molar-refractivity contribution is 0.570. The lowest BCUT2D eigenvalue weighted by Gasteiger charge is -2.07. The van der Waals surface area contributed by atoms with Crippen molar-refractivity contribution < 1.29 is 4.42 Å². The van der Waals surface area contributed by atoms with Gasteiger partial charge in [0.1, 0.15) is 5.52 Å². The van der Waals surface area contributed by atoms with E-state index in [1.165, 1.54) is 12.0 Å². The molecule has 3 heteroatoms. The molecule has 1 N–H and O–H groups in total. The van der Waals surface area contributed by atoms with Gasteiger partial charge in [0.15, 0.2) is 12.0 Å². The number of oxazole rings is 1. The Morgan fingerprint density at radius 1 is 1.38 bits per heavy atom. The van der Waals surface area contributed by atoms with Gasteiger partial charge in [-0.1, -0.05) is 19.9 Å². The topological polar surface area (TPSA) is 38.1 Å². The first-order valence-corrected chi connectivity index (χ1v) is 5.81. The smallest absolute Gasteiger partial charge is 0.181 e. The van der Waals surface area contributed by atoms with Gasteiger partial charge in [-0.3, -0.25) is 0 Å². The molecule has 1 aromatic carbocycles. The summed E-state index contributed by atoms with van der Waals surface area (Å²) in [7, 11) is 0. The van der Waals surface area contributed by atoms with Gasteiger partial charge >= 0.3 is 0 Å². The Morgan fingerprint density at radius 2 is 2.25 bits per heavy atom. The molecular formula is C13H18N2O. The van der Waals surface area contributed by atoms with Crippen LogP contribution in [0.5, 0.6) is 0 Å². The summed E-state index contributed by atoms with van der Waals surface area (Å²) in [5.74, 6) is 0. The summed E-state index contributed by atoms with van der Waals surface area (Å²) in [6, 6.07) is 6.79. The Labute approximate surface area is 95.9 Å². The van der Waals surface area contributed by atoms with E-state index in [0.717, 1.165) is 30.5 Å². The summed E-state index contributed by atoms with van der Waals surface area (Å²) >= 11 is 0. The van der Waals surface area contributed by atoms with Gasteiger partial charge in [-0.25, -0.2) is 4.98 Å². The summed E-state index contributed by atoms with van der Waals surface area (Å²) in [6.45, 7) is 5.40. The predicted molar refractivity (Wildman–Crippen MR) is 65.5 cm³/mol. The molecule has 2 rings (SSSR count). The lowest BCUT2D eigenvalue weighted by Crippen LogP contribution is -2.23. The molecule has 0 radical (unpaired) electrons. The van der Waals surface area contributed by atoms with Crippen LogP contribution in [0.15, 0.2) is 29.0 Å². The summed E-state index contributed by atoms with van der Waals surface area (Å²) in [5.41, 5.74) is 3.13. The van der Waals surface area contributed by atoms with Gasteiger partial charge in [-0.15, -0.1) is 0 Å².